The number of fused-ring (bicyclic) bond motifs is 1. The number of thiophene rings is 1. The van der Waals surface area contributed by atoms with E-state index >= 15 is 0 Å². The largest absolute Gasteiger partial charge is 0.493 e. The van der Waals surface area contributed by atoms with E-state index in [1.54, 1.807) is 20.3 Å². The van der Waals surface area contributed by atoms with Gasteiger partial charge < -0.3 is 24.3 Å². The Morgan fingerprint density at radius 2 is 1.71 bits per heavy atom. The van der Waals surface area contributed by atoms with E-state index in [0.717, 1.165) is 16.7 Å². The van der Waals surface area contributed by atoms with Crippen LogP contribution < -0.4 is 29.8 Å². The number of aromatic nitrogens is 2. The molecule has 4 aromatic rings. The monoisotopic (exact) mass is 537 g/mol. The molecule has 1 amide bonds. The molecule has 0 aliphatic heterocycles. The minimum absolute atomic E-state index is 0.129. The van der Waals surface area contributed by atoms with Crippen LogP contribution in [0.25, 0.3) is 21.3 Å². The molecule has 4 rings (SSSR count). The van der Waals surface area contributed by atoms with Crippen molar-refractivity contribution in [1.29, 1.82) is 0 Å². The van der Waals surface area contributed by atoms with Gasteiger partial charge in [-0.05, 0) is 55.7 Å². The lowest BCUT2D eigenvalue weighted by Crippen LogP contribution is -2.33. The summed E-state index contributed by atoms with van der Waals surface area (Å²) in [4.78, 5) is 31.0. The first kappa shape index (κ1) is 27.0. The molecule has 1 N–H and O–H groups in total. The number of nitrogens with zero attached hydrogens (tertiary/aromatic N) is 2. The van der Waals surface area contributed by atoms with Gasteiger partial charge in [0.15, 0.2) is 23.0 Å². The molecule has 0 spiro atoms. The van der Waals surface area contributed by atoms with Crippen molar-refractivity contribution in [3.63, 3.8) is 0 Å². The molecule has 0 radical (unpaired) electrons. The molecule has 2 aromatic carbocycles. The van der Waals surface area contributed by atoms with Crippen molar-refractivity contribution < 1.29 is 23.7 Å². The fourth-order valence-electron chi connectivity index (χ4n) is 4.10. The highest BCUT2D eigenvalue weighted by molar-refractivity contribution is 7.17. The maximum Gasteiger partial charge on any atom is 0.263 e. The maximum atomic E-state index is 13.3. The Kier molecular flexibility index (Phi) is 8.85. The summed E-state index contributed by atoms with van der Waals surface area (Å²) in [5.41, 5.74) is 2.27. The lowest BCUT2D eigenvalue weighted by atomic mass is 10.1. The molecule has 0 fully saturated rings. The Labute approximate surface area is 224 Å². The molecular formula is C28H31N3O6S. The van der Waals surface area contributed by atoms with Crippen molar-refractivity contribution >= 4 is 27.5 Å². The lowest BCUT2D eigenvalue weighted by Gasteiger charge is -2.13. The van der Waals surface area contributed by atoms with Crippen molar-refractivity contribution in [2.75, 3.05) is 34.0 Å². The minimum Gasteiger partial charge on any atom is -0.493 e. The molecule has 0 saturated carbocycles. The Hall–Kier alpha value is -4.05. The van der Waals surface area contributed by atoms with Gasteiger partial charge in [0.2, 0.25) is 5.91 Å². The third kappa shape index (κ3) is 5.91. The molecule has 0 aliphatic rings. The van der Waals surface area contributed by atoms with Crippen molar-refractivity contribution in [1.82, 2.24) is 14.9 Å². The van der Waals surface area contributed by atoms with E-state index in [-0.39, 0.29) is 18.0 Å². The van der Waals surface area contributed by atoms with Crippen molar-refractivity contribution in [2.45, 2.75) is 26.8 Å². The average molecular weight is 538 g/mol. The fraction of sp³-hybridized carbons (Fsp3) is 0.321. The van der Waals surface area contributed by atoms with E-state index in [0.29, 0.717) is 59.4 Å². The number of ether oxygens (including phenoxy) is 4. The zero-order valence-electron chi connectivity index (χ0n) is 21.9. The van der Waals surface area contributed by atoms with Gasteiger partial charge in [-0.2, -0.15) is 0 Å². The highest BCUT2D eigenvalue weighted by Crippen LogP contribution is 2.36. The molecule has 0 atom stereocenters. The fourth-order valence-corrected chi connectivity index (χ4v) is 5.01. The highest BCUT2D eigenvalue weighted by atomic mass is 32.1. The predicted molar refractivity (Wildman–Crippen MR) is 148 cm³/mol. The van der Waals surface area contributed by atoms with Gasteiger partial charge in [-0.15, -0.1) is 11.3 Å². The Bertz CT molecular complexity index is 1480. The van der Waals surface area contributed by atoms with Crippen molar-refractivity contribution in [3.8, 4) is 34.1 Å². The Balaban J connectivity index is 1.46. The summed E-state index contributed by atoms with van der Waals surface area (Å²) in [6.07, 6.45) is 2.03. The molecule has 200 valence electrons. The number of benzene rings is 2. The molecule has 2 aromatic heterocycles. The van der Waals surface area contributed by atoms with Gasteiger partial charge in [-0.1, -0.05) is 12.1 Å². The number of hydrogen-bond donors (Lipinski definition) is 1. The zero-order valence-corrected chi connectivity index (χ0v) is 22.7. The van der Waals surface area contributed by atoms with Gasteiger partial charge >= 0.3 is 0 Å². The van der Waals surface area contributed by atoms with Crippen LogP contribution in [0.1, 0.15) is 19.4 Å². The number of nitrogens with one attached hydrogen (secondary N) is 1. The van der Waals surface area contributed by atoms with E-state index in [9.17, 15) is 9.59 Å². The van der Waals surface area contributed by atoms with Gasteiger partial charge in [0.05, 0.1) is 39.1 Å². The Morgan fingerprint density at radius 3 is 2.45 bits per heavy atom. The maximum absolute atomic E-state index is 13.3. The van der Waals surface area contributed by atoms with E-state index in [2.05, 4.69) is 10.3 Å². The highest BCUT2D eigenvalue weighted by Gasteiger charge is 2.16. The molecular weight excluding hydrogens is 506 g/mol. The third-order valence-electron chi connectivity index (χ3n) is 5.91. The van der Waals surface area contributed by atoms with Crippen LogP contribution in [0.5, 0.6) is 23.0 Å². The number of amides is 1. The summed E-state index contributed by atoms with van der Waals surface area (Å²) in [6, 6.07) is 11.2. The van der Waals surface area contributed by atoms with E-state index in [4.69, 9.17) is 18.9 Å². The number of hydrogen-bond acceptors (Lipinski definition) is 8. The van der Waals surface area contributed by atoms with Crippen molar-refractivity contribution in [3.05, 3.63) is 64.0 Å². The van der Waals surface area contributed by atoms with Crippen LogP contribution in [0.4, 0.5) is 0 Å². The molecule has 0 aliphatic carbocycles. The van der Waals surface area contributed by atoms with Crippen LogP contribution in [-0.4, -0.2) is 49.4 Å². The van der Waals surface area contributed by atoms with Gasteiger partial charge in [0.25, 0.3) is 5.56 Å². The smallest absolute Gasteiger partial charge is 0.263 e. The van der Waals surface area contributed by atoms with Crippen LogP contribution in [0.2, 0.25) is 0 Å². The Morgan fingerprint density at radius 1 is 0.974 bits per heavy atom. The zero-order chi connectivity index (χ0) is 27.1. The number of rotatable bonds is 12. The molecule has 2 heterocycles. The third-order valence-corrected chi connectivity index (χ3v) is 6.80. The standard InChI is InChI=1S/C28H31N3O6S/c1-5-36-22-9-7-18(13-24(22)37-6-2)11-12-29-25(32)15-31-17-30-27-26(28(31)33)20(16-38-27)19-8-10-21(34-3)23(14-19)35-4/h7-10,13-14,16-17H,5-6,11-12,15H2,1-4H3,(H,29,32). The molecule has 10 heteroatoms. The first-order valence-electron chi connectivity index (χ1n) is 12.3. The van der Waals surface area contributed by atoms with Gasteiger partial charge in [0.1, 0.15) is 11.4 Å². The molecule has 0 unspecified atom stereocenters. The molecule has 38 heavy (non-hydrogen) atoms. The molecule has 9 nitrogen and oxygen atoms in total. The summed E-state index contributed by atoms with van der Waals surface area (Å²) in [6.45, 7) is 5.22. The number of methoxy groups -OCH3 is 2. The molecule has 0 saturated heterocycles. The van der Waals surface area contributed by atoms with E-state index in [1.165, 1.54) is 22.2 Å². The van der Waals surface area contributed by atoms with Crippen LogP contribution in [-0.2, 0) is 17.8 Å². The summed E-state index contributed by atoms with van der Waals surface area (Å²) in [5, 5.41) is 5.24. The van der Waals surface area contributed by atoms with E-state index in [1.807, 2.05) is 49.6 Å². The average Bonchev–Trinajstić information content (AvgIpc) is 3.36. The SMILES string of the molecule is CCOc1ccc(CCNC(=O)Cn2cnc3scc(-c4ccc(OC)c(OC)c4)c3c2=O)cc1OCC. The predicted octanol–water partition coefficient (Wildman–Crippen LogP) is 4.30. The first-order chi connectivity index (χ1) is 18.5. The summed E-state index contributed by atoms with van der Waals surface area (Å²) in [5.74, 6) is 2.28. The van der Waals surface area contributed by atoms with Gasteiger partial charge in [-0.25, -0.2) is 4.98 Å². The lowest BCUT2D eigenvalue weighted by molar-refractivity contribution is -0.121. The summed E-state index contributed by atoms with van der Waals surface area (Å²) >= 11 is 1.38. The topological polar surface area (TPSA) is 101 Å². The van der Waals surface area contributed by atoms with Crippen LogP contribution >= 0.6 is 11.3 Å². The number of carbonyl (C=O) groups is 1. The second-order valence-electron chi connectivity index (χ2n) is 8.32. The summed E-state index contributed by atoms with van der Waals surface area (Å²) < 4.78 is 23.3. The van der Waals surface area contributed by atoms with Gasteiger partial charge in [-0.3, -0.25) is 14.2 Å². The van der Waals surface area contributed by atoms with Crippen LogP contribution in [0, 0.1) is 0 Å². The second-order valence-corrected chi connectivity index (χ2v) is 9.18. The minimum atomic E-state index is -0.274. The van der Waals surface area contributed by atoms with Gasteiger partial charge in [0, 0.05) is 17.5 Å². The molecule has 0 bridgehead atoms. The normalized spacial score (nSPS) is 10.8. The second kappa shape index (κ2) is 12.5. The van der Waals surface area contributed by atoms with Crippen LogP contribution in [0.3, 0.4) is 0 Å². The van der Waals surface area contributed by atoms with Crippen LogP contribution in [0.15, 0.2) is 52.9 Å². The quantitative estimate of drug-likeness (QED) is 0.288. The first-order valence-corrected chi connectivity index (χ1v) is 13.2. The summed E-state index contributed by atoms with van der Waals surface area (Å²) in [7, 11) is 3.13. The number of carbonyl (C=O) groups excluding carboxylic acids is 1. The van der Waals surface area contributed by atoms with E-state index < -0.39 is 0 Å². The van der Waals surface area contributed by atoms with Crippen molar-refractivity contribution in [2.24, 2.45) is 0 Å².